The number of phenolic OH excluding ortho intramolecular Hbond substituents is 1. The number of phenols is 1. The van der Waals surface area contributed by atoms with Gasteiger partial charge < -0.3 is 15.6 Å². The number of benzene rings is 2. The minimum Gasteiger partial charge on any atom is -0.508 e. The molecule has 2 aromatic carbocycles. The monoisotopic (exact) mass is 229 g/mol. The summed E-state index contributed by atoms with van der Waals surface area (Å²) in [5.74, 6) is 1.00. The lowest BCUT2D eigenvalue weighted by atomic mass is 10.0. The van der Waals surface area contributed by atoms with E-state index >= 15 is 0 Å². The van der Waals surface area contributed by atoms with Gasteiger partial charge in [0.15, 0.2) is 0 Å². The number of nitrogens with two attached hydrogens (primary N) is 1. The van der Waals surface area contributed by atoms with Crippen molar-refractivity contribution in [3.63, 3.8) is 0 Å². The van der Waals surface area contributed by atoms with Crippen molar-refractivity contribution < 1.29 is 9.84 Å². The first-order valence-corrected chi connectivity index (χ1v) is 5.52. The van der Waals surface area contributed by atoms with Crippen molar-refractivity contribution in [1.29, 1.82) is 0 Å². The van der Waals surface area contributed by atoms with E-state index in [2.05, 4.69) is 0 Å². The molecule has 3 N–H and O–H groups in total. The topological polar surface area (TPSA) is 55.5 Å². The fourth-order valence-electron chi connectivity index (χ4n) is 1.71. The van der Waals surface area contributed by atoms with E-state index in [0.29, 0.717) is 12.3 Å². The molecule has 0 saturated carbocycles. The SMILES string of the molecule is CCOc1cccc(-c2cc(O)ccc2N)c1. The number of aromatic hydroxyl groups is 1. The molecule has 0 spiro atoms. The predicted molar refractivity (Wildman–Crippen MR) is 69.1 cm³/mol. The maximum atomic E-state index is 9.48. The number of anilines is 1. The van der Waals surface area contributed by atoms with Gasteiger partial charge in [-0.25, -0.2) is 0 Å². The van der Waals surface area contributed by atoms with Crippen molar-refractivity contribution in [1.82, 2.24) is 0 Å². The van der Waals surface area contributed by atoms with Crippen LogP contribution in [0.25, 0.3) is 11.1 Å². The van der Waals surface area contributed by atoms with Crippen molar-refractivity contribution in [2.45, 2.75) is 6.92 Å². The Labute approximate surface area is 100 Å². The van der Waals surface area contributed by atoms with Crippen molar-refractivity contribution in [3.05, 3.63) is 42.5 Å². The molecule has 0 saturated heterocycles. The lowest BCUT2D eigenvalue weighted by molar-refractivity contribution is 0.340. The maximum absolute atomic E-state index is 9.48. The van der Waals surface area contributed by atoms with Crippen LogP contribution >= 0.6 is 0 Å². The quantitative estimate of drug-likeness (QED) is 0.628. The Morgan fingerprint density at radius 1 is 1.18 bits per heavy atom. The van der Waals surface area contributed by atoms with Crippen molar-refractivity contribution in [2.24, 2.45) is 0 Å². The normalized spacial score (nSPS) is 10.2. The summed E-state index contributed by atoms with van der Waals surface area (Å²) in [6.45, 7) is 2.56. The predicted octanol–water partition coefficient (Wildman–Crippen LogP) is 3.04. The van der Waals surface area contributed by atoms with Gasteiger partial charge in [-0.05, 0) is 42.8 Å². The van der Waals surface area contributed by atoms with Crippen LogP contribution in [0.5, 0.6) is 11.5 Å². The summed E-state index contributed by atoms with van der Waals surface area (Å²) in [6, 6.07) is 12.6. The van der Waals surface area contributed by atoms with Crippen LogP contribution in [0.1, 0.15) is 6.92 Å². The molecule has 2 rings (SSSR count). The Hall–Kier alpha value is -2.16. The van der Waals surface area contributed by atoms with E-state index in [1.165, 1.54) is 0 Å². The fourth-order valence-corrected chi connectivity index (χ4v) is 1.71. The first kappa shape index (κ1) is 11.3. The Balaban J connectivity index is 2.45. The standard InChI is InChI=1S/C14H15NO2/c1-2-17-12-5-3-4-10(8-12)13-9-11(16)6-7-14(13)15/h3-9,16H,2,15H2,1H3. The Morgan fingerprint density at radius 3 is 2.76 bits per heavy atom. The van der Waals surface area contributed by atoms with Gasteiger partial charge >= 0.3 is 0 Å². The molecule has 0 aliphatic carbocycles. The molecule has 0 amide bonds. The summed E-state index contributed by atoms with van der Waals surface area (Å²) >= 11 is 0. The van der Waals surface area contributed by atoms with Crippen molar-refractivity contribution >= 4 is 5.69 Å². The van der Waals surface area contributed by atoms with Crippen LogP contribution < -0.4 is 10.5 Å². The molecule has 0 aromatic heterocycles. The Kier molecular flexibility index (Phi) is 3.19. The van der Waals surface area contributed by atoms with E-state index in [9.17, 15) is 5.11 Å². The van der Waals surface area contributed by atoms with Gasteiger partial charge in [0.05, 0.1) is 6.61 Å². The smallest absolute Gasteiger partial charge is 0.119 e. The van der Waals surface area contributed by atoms with Gasteiger partial charge in [-0.15, -0.1) is 0 Å². The third-order valence-corrected chi connectivity index (χ3v) is 2.49. The molecule has 0 aliphatic rings. The van der Waals surface area contributed by atoms with E-state index < -0.39 is 0 Å². The average molecular weight is 229 g/mol. The van der Waals surface area contributed by atoms with Gasteiger partial charge in [-0.3, -0.25) is 0 Å². The molecule has 0 unspecified atom stereocenters. The summed E-state index contributed by atoms with van der Waals surface area (Å²) in [5, 5.41) is 9.48. The number of ether oxygens (including phenoxy) is 1. The number of hydrogen-bond donors (Lipinski definition) is 2. The minimum atomic E-state index is 0.205. The van der Waals surface area contributed by atoms with Gasteiger partial charge in [-0.2, -0.15) is 0 Å². The number of rotatable bonds is 3. The van der Waals surface area contributed by atoms with Gasteiger partial charge in [0.2, 0.25) is 0 Å². The minimum absolute atomic E-state index is 0.205. The van der Waals surface area contributed by atoms with Crippen molar-refractivity contribution in [2.75, 3.05) is 12.3 Å². The van der Waals surface area contributed by atoms with Crippen LogP contribution in [0.4, 0.5) is 5.69 Å². The second-order valence-electron chi connectivity index (χ2n) is 3.73. The Morgan fingerprint density at radius 2 is 2.00 bits per heavy atom. The number of nitrogen functional groups attached to an aromatic ring is 1. The van der Waals surface area contributed by atoms with Crippen molar-refractivity contribution in [3.8, 4) is 22.6 Å². The highest BCUT2D eigenvalue weighted by Crippen LogP contribution is 2.31. The van der Waals surface area contributed by atoms with Crippen LogP contribution in [0, 0.1) is 0 Å². The summed E-state index contributed by atoms with van der Waals surface area (Å²) in [5.41, 5.74) is 8.28. The second kappa shape index (κ2) is 4.78. The van der Waals surface area contributed by atoms with E-state index in [-0.39, 0.29) is 5.75 Å². The molecule has 2 aromatic rings. The molecule has 0 atom stereocenters. The highest BCUT2D eigenvalue weighted by Gasteiger charge is 2.05. The molecule has 3 heteroatoms. The molecular formula is C14H15NO2. The average Bonchev–Trinajstić information content (AvgIpc) is 2.33. The van der Waals surface area contributed by atoms with Gasteiger partial charge in [0.1, 0.15) is 11.5 Å². The summed E-state index contributed by atoms with van der Waals surface area (Å²) < 4.78 is 5.43. The zero-order valence-corrected chi connectivity index (χ0v) is 9.68. The van der Waals surface area contributed by atoms with Gasteiger partial charge in [0, 0.05) is 11.3 Å². The summed E-state index contributed by atoms with van der Waals surface area (Å²) in [4.78, 5) is 0. The molecule has 0 radical (unpaired) electrons. The molecule has 88 valence electrons. The molecule has 0 bridgehead atoms. The van der Waals surface area contributed by atoms with Gasteiger partial charge in [0.25, 0.3) is 0 Å². The van der Waals surface area contributed by atoms with E-state index in [0.717, 1.165) is 16.9 Å². The first-order valence-electron chi connectivity index (χ1n) is 5.52. The fraction of sp³-hybridized carbons (Fsp3) is 0.143. The summed E-state index contributed by atoms with van der Waals surface area (Å²) in [7, 11) is 0. The van der Waals surface area contributed by atoms with Crippen LogP contribution in [0.15, 0.2) is 42.5 Å². The van der Waals surface area contributed by atoms with Crippen LogP contribution in [-0.2, 0) is 0 Å². The third-order valence-electron chi connectivity index (χ3n) is 2.49. The molecule has 17 heavy (non-hydrogen) atoms. The van der Waals surface area contributed by atoms with E-state index in [4.69, 9.17) is 10.5 Å². The Bertz CT molecular complexity index is 523. The van der Waals surface area contributed by atoms with E-state index in [1.807, 2.05) is 31.2 Å². The molecule has 0 aliphatic heterocycles. The lowest BCUT2D eigenvalue weighted by Crippen LogP contribution is -1.93. The van der Waals surface area contributed by atoms with Gasteiger partial charge in [-0.1, -0.05) is 12.1 Å². The summed E-state index contributed by atoms with van der Waals surface area (Å²) in [6.07, 6.45) is 0. The highest BCUT2D eigenvalue weighted by molar-refractivity contribution is 5.78. The number of hydrogen-bond acceptors (Lipinski definition) is 3. The molecular weight excluding hydrogens is 214 g/mol. The van der Waals surface area contributed by atoms with Crippen LogP contribution in [0.3, 0.4) is 0 Å². The highest BCUT2D eigenvalue weighted by atomic mass is 16.5. The van der Waals surface area contributed by atoms with Crippen LogP contribution in [0.2, 0.25) is 0 Å². The molecule has 0 fully saturated rings. The largest absolute Gasteiger partial charge is 0.508 e. The first-order chi connectivity index (χ1) is 8.20. The zero-order valence-electron chi connectivity index (χ0n) is 9.68. The third kappa shape index (κ3) is 2.50. The maximum Gasteiger partial charge on any atom is 0.119 e. The molecule has 3 nitrogen and oxygen atoms in total. The molecule has 0 heterocycles. The second-order valence-corrected chi connectivity index (χ2v) is 3.73. The van der Waals surface area contributed by atoms with E-state index in [1.54, 1.807) is 18.2 Å². The van der Waals surface area contributed by atoms with Crippen LogP contribution in [-0.4, -0.2) is 11.7 Å². The lowest BCUT2D eigenvalue weighted by Gasteiger charge is -2.09. The zero-order chi connectivity index (χ0) is 12.3.